The van der Waals surface area contributed by atoms with Crippen molar-refractivity contribution in [1.82, 2.24) is 14.5 Å². The molecule has 1 aromatic carbocycles. The van der Waals surface area contributed by atoms with Crippen molar-refractivity contribution in [2.45, 2.75) is 20.8 Å². The number of benzene rings is 1. The minimum absolute atomic E-state index is 0.135. The number of nitrogens with zero attached hydrogens (tertiary/aromatic N) is 3. The number of halogens is 1. The number of phenolic OH excluding ortho intramolecular Hbond substituents is 1. The predicted molar refractivity (Wildman–Crippen MR) is 111 cm³/mol. The van der Waals surface area contributed by atoms with Crippen molar-refractivity contribution in [3.05, 3.63) is 38.4 Å². The molecule has 0 spiro atoms. The van der Waals surface area contributed by atoms with Crippen LogP contribution in [0.5, 0.6) is 5.75 Å². The van der Waals surface area contributed by atoms with Gasteiger partial charge in [-0.2, -0.15) is 0 Å². The molecule has 0 aliphatic heterocycles. The molecule has 3 aromatic heterocycles. The Bertz CT molecular complexity index is 1270. The van der Waals surface area contributed by atoms with Gasteiger partial charge in [0.2, 0.25) is 0 Å². The topological polar surface area (TPSA) is 120 Å². The number of amides is 1. The molecule has 0 saturated heterocycles. The lowest BCUT2D eigenvalue weighted by atomic mass is 10.1. The summed E-state index contributed by atoms with van der Waals surface area (Å²) in [6.45, 7) is 5.60. The summed E-state index contributed by atoms with van der Waals surface area (Å²) in [4.78, 5) is 22.1. The molecule has 7 nitrogen and oxygen atoms in total. The number of aromatic nitrogens is 3. The van der Waals surface area contributed by atoms with E-state index in [4.69, 9.17) is 11.5 Å². The number of aryl methyl sites for hydroxylation is 2. The van der Waals surface area contributed by atoms with Crippen LogP contribution in [0.15, 0.2) is 16.7 Å². The highest BCUT2D eigenvalue weighted by atomic mass is 79.9. The zero-order chi connectivity index (χ0) is 19.6. The third-order valence-electron chi connectivity index (χ3n) is 4.63. The lowest BCUT2D eigenvalue weighted by Gasteiger charge is -2.16. The van der Waals surface area contributed by atoms with Crippen LogP contribution in [-0.2, 0) is 0 Å². The van der Waals surface area contributed by atoms with E-state index in [1.54, 1.807) is 23.6 Å². The van der Waals surface area contributed by atoms with Gasteiger partial charge in [0.1, 0.15) is 26.5 Å². The minimum Gasteiger partial charge on any atom is -0.508 e. The van der Waals surface area contributed by atoms with Crippen molar-refractivity contribution in [2.24, 2.45) is 5.73 Å². The van der Waals surface area contributed by atoms with Crippen LogP contribution < -0.4 is 11.5 Å². The highest BCUT2D eigenvalue weighted by Crippen LogP contribution is 2.42. The maximum Gasteiger partial charge on any atom is 0.253 e. The van der Waals surface area contributed by atoms with Crippen LogP contribution in [0.4, 0.5) is 5.82 Å². The summed E-state index contributed by atoms with van der Waals surface area (Å²) in [5.41, 5.74) is 15.7. The number of anilines is 1. The Morgan fingerprint density at radius 2 is 1.96 bits per heavy atom. The van der Waals surface area contributed by atoms with Gasteiger partial charge in [-0.3, -0.25) is 9.36 Å². The molecule has 5 N–H and O–H groups in total. The smallest absolute Gasteiger partial charge is 0.253 e. The van der Waals surface area contributed by atoms with Crippen molar-refractivity contribution < 1.29 is 9.90 Å². The fourth-order valence-corrected chi connectivity index (χ4v) is 4.93. The summed E-state index contributed by atoms with van der Waals surface area (Å²) in [6.07, 6.45) is 0. The Kier molecular flexibility index (Phi) is 3.90. The first kappa shape index (κ1) is 17.7. The lowest BCUT2D eigenvalue weighted by Crippen LogP contribution is -2.14. The Balaban J connectivity index is 2.34. The molecular weight excluding hydrogens is 430 g/mol. The lowest BCUT2D eigenvalue weighted by molar-refractivity contribution is 0.100. The summed E-state index contributed by atoms with van der Waals surface area (Å²) in [5, 5.41) is 11.6. The number of hydrogen-bond donors (Lipinski definition) is 3. The highest BCUT2D eigenvalue weighted by molar-refractivity contribution is 9.10. The number of nitrogens with two attached hydrogens (primary N) is 2. The normalized spacial score (nSPS) is 11.6. The highest BCUT2D eigenvalue weighted by Gasteiger charge is 2.27. The number of hydrogen-bond acceptors (Lipinski definition) is 6. The van der Waals surface area contributed by atoms with Crippen LogP contribution in [0.25, 0.3) is 26.9 Å². The van der Waals surface area contributed by atoms with Gasteiger partial charge < -0.3 is 16.6 Å². The zero-order valence-corrected chi connectivity index (χ0v) is 17.2. The molecule has 4 aromatic rings. The van der Waals surface area contributed by atoms with Crippen molar-refractivity contribution in [3.63, 3.8) is 0 Å². The number of rotatable bonds is 2. The second-order valence-electron chi connectivity index (χ2n) is 6.35. The summed E-state index contributed by atoms with van der Waals surface area (Å²) in [7, 11) is 0. The van der Waals surface area contributed by atoms with Crippen LogP contribution in [-0.4, -0.2) is 25.5 Å². The maximum absolute atomic E-state index is 12.2. The Morgan fingerprint density at radius 1 is 1.26 bits per heavy atom. The van der Waals surface area contributed by atoms with Gasteiger partial charge in [-0.15, -0.1) is 0 Å². The number of fused-ring (bicyclic) bond motifs is 3. The Hall–Kier alpha value is -2.65. The van der Waals surface area contributed by atoms with E-state index >= 15 is 0 Å². The monoisotopic (exact) mass is 445 g/mol. The van der Waals surface area contributed by atoms with Gasteiger partial charge >= 0.3 is 0 Å². The number of carbonyl (C=O) groups excluding carboxylic acids is 1. The molecule has 9 heteroatoms. The first-order valence-corrected chi connectivity index (χ1v) is 9.69. The van der Waals surface area contributed by atoms with E-state index in [-0.39, 0.29) is 17.1 Å². The van der Waals surface area contributed by atoms with Gasteiger partial charge in [0.15, 0.2) is 0 Å². The van der Waals surface area contributed by atoms with E-state index in [0.717, 1.165) is 15.4 Å². The van der Waals surface area contributed by atoms with Crippen LogP contribution in [0, 0.1) is 20.8 Å². The first-order valence-electron chi connectivity index (χ1n) is 8.08. The molecule has 0 fully saturated rings. The molecule has 4 rings (SSSR count). The molecule has 0 unspecified atom stereocenters. The average Bonchev–Trinajstić information content (AvgIpc) is 3.09. The third-order valence-corrected chi connectivity index (χ3v) is 6.07. The number of aromatic hydroxyl groups is 1. The Morgan fingerprint density at radius 3 is 2.63 bits per heavy atom. The standard InChI is InChI=1S/C18H16BrN5O2S/c1-6-4-5-9(25)7(2)13(6)24-14-10(11(16(24)20)17(21)26)15(19)23-18-12(14)22-8(3)27-18/h4-5,25H,20H2,1-3H3,(H2,21,26). The molecule has 0 aliphatic carbocycles. The van der Waals surface area contributed by atoms with E-state index in [1.807, 2.05) is 13.8 Å². The molecular formula is C18H16BrN5O2S. The van der Waals surface area contributed by atoms with Crippen LogP contribution in [0.1, 0.15) is 26.5 Å². The molecule has 0 radical (unpaired) electrons. The van der Waals surface area contributed by atoms with Crippen molar-refractivity contribution in [3.8, 4) is 11.4 Å². The largest absolute Gasteiger partial charge is 0.508 e. The number of carbonyl (C=O) groups is 1. The summed E-state index contributed by atoms with van der Waals surface area (Å²) in [5.74, 6) is -0.327. The quantitative estimate of drug-likeness (QED) is 0.406. The second-order valence-corrected chi connectivity index (χ2v) is 8.28. The van der Waals surface area contributed by atoms with E-state index in [2.05, 4.69) is 25.9 Å². The zero-order valence-electron chi connectivity index (χ0n) is 14.8. The average molecular weight is 446 g/mol. The van der Waals surface area contributed by atoms with Gasteiger partial charge in [0, 0.05) is 5.56 Å². The van der Waals surface area contributed by atoms with Gasteiger partial charge in [-0.1, -0.05) is 17.4 Å². The third kappa shape index (κ3) is 2.42. The van der Waals surface area contributed by atoms with Gasteiger partial charge in [0.25, 0.3) is 5.91 Å². The van der Waals surface area contributed by atoms with Crippen molar-refractivity contribution in [2.75, 3.05) is 5.73 Å². The van der Waals surface area contributed by atoms with E-state index in [1.165, 1.54) is 11.3 Å². The van der Waals surface area contributed by atoms with E-state index < -0.39 is 5.91 Å². The number of thiazole rings is 1. The fourth-order valence-electron chi connectivity index (χ4n) is 3.46. The van der Waals surface area contributed by atoms with Crippen molar-refractivity contribution in [1.29, 1.82) is 0 Å². The minimum atomic E-state index is -0.652. The van der Waals surface area contributed by atoms with Crippen LogP contribution >= 0.6 is 27.3 Å². The fraction of sp³-hybridized carbons (Fsp3) is 0.167. The molecule has 3 heterocycles. The number of nitrogen functional groups attached to an aromatic ring is 1. The van der Waals surface area contributed by atoms with E-state index in [0.29, 0.717) is 32.3 Å². The Labute approximate surface area is 166 Å². The molecule has 1 amide bonds. The molecule has 0 aliphatic rings. The van der Waals surface area contributed by atoms with E-state index in [9.17, 15) is 9.90 Å². The second kappa shape index (κ2) is 5.93. The van der Waals surface area contributed by atoms with Crippen molar-refractivity contribution >= 4 is 60.2 Å². The number of pyridine rings is 1. The first-order chi connectivity index (χ1) is 12.7. The van der Waals surface area contributed by atoms with Gasteiger partial charge in [0.05, 0.1) is 27.2 Å². The van der Waals surface area contributed by atoms with Crippen LogP contribution in [0.3, 0.4) is 0 Å². The molecule has 0 saturated carbocycles. The molecule has 138 valence electrons. The van der Waals surface area contributed by atoms with Gasteiger partial charge in [-0.25, -0.2) is 9.97 Å². The summed E-state index contributed by atoms with van der Waals surface area (Å²) in [6, 6.07) is 3.43. The van der Waals surface area contributed by atoms with Crippen LogP contribution in [0.2, 0.25) is 0 Å². The number of phenols is 1. The molecule has 0 bridgehead atoms. The SMILES string of the molecule is Cc1nc2c(nc(Br)c3c(C(N)=O)c(N)n(-c4c(C)ccc(O)c4C)c32)s1. The number of primary amides is 1. The predicted octanol–water partition coefficient (Wildman–Crippen LogP) is 3.71. The summed E-state index contributed by atoms with van der Waals surface area (Å²) >= 11 is 4.91. The van der Waals surface area contributed by atoms with Gasteiger partial charge in [-0.05, 0) is 48.3 Å². The summed E-state index contributed by atoms with van der Waals surface area (Å²) < 4.78 is 2.22. The molecule has 27 heavy (non-hydrogen) atoms. The molecule has 0 atom stereocenters. The maximum atomic E-state index is 12.2.